The molecule has 0 saturated carbocycles. The van der Waals surface area contributed by atoms with Crippen LogP contribution in [0, 0.1) is 11.7 Å². The van der Waals surface area contributed by atoms with E-state index in [-0.39, 0.29) is 19.0 Å². The quantitative estimate of drug-likeness (QED) is 0.734. The molecule has 1 aromatic rings. The topological polar surface area (TPSA) is 84.5 Å². The lowest BCUT2D eigenvalue weighted by atomic mass is 9.96. The molecular weight excluding hydrogens is 359 g/mol. The van der Waals surface area contributed by atoms with E-state index >= 15 is 0 Å². The number of esters is 1. The highest BCUT2D eigenvalue weighted by molar-refractivity contribution is 7.89. The lowest BCUT2D eigenvalue weighted by molar-refractivity contribution is 0.0590. The van der Waals surface area contributed by atoms with Crippen LogP contribution >= 0.6 is 12.4 Å². The Morgan fingerprint density at radius 1 is 1.46 bits per heavy atom. The summed E-state index contributed by atoms with van der Waals surface area (Å²) >= 11 is 0. The van der Waals surface area contributed by atoms with E-state index in [0.717, 1.165) is 39.1 Å². The van der Waals surface area contributed by atoms with Crippen LogP contribution < -0.4 is 10.0 Å². The maximum absolute atomic E-state index is 13.8. The van der Waals surface area contributed by atoms with E-state index in [1.807, 2.05) is 0 Å². The number of piperidine rings is 1. The molecule has 1 aliphatic rings. The van der Waals surface area contributed by atoms with Crippen molar-refractivity contribution >= 4 is 28.4 Å². The monoisotopic (exact) mass is 380 g/mol. The first kappa shape index (κ1) is 20.8. The predicted molar refractivity (Wildman–Crippen MR) is 90.4 cm³/mol. The Labute approximate surface area is 147 Å². The molecule has 1 fully saturated rings. The largest absolute Gasteiger partial charge is 0.465 e. The molecule has 136 valence electrons. The van der Waals surface area contributed by atoms with Crippen LogP contribution in [-0.4, -0.2) is 41.1 Å². The van der Waals surface area contributed by atoms with E-state index in [9.17, 15) is 17.6 Å². The fourth-order valence-corrected chi connectivity index (χ4v) is 3.92. The second-order valence-corrected chi connectivity index (χ2v) is 7.24. The molecule has 0 bridgehead atoms. The molecule has 0 aromatic heterocycles. The normalized spacial score (nSPS) is 17.8. The predicted octanol–water partition coefficient (Wildman–Crippen LogP) is 1.70. The van der Waals surface area contributed by atoms with Crippen molar-refractivity contribution in [1.29, 1.82) is 0 Å². The summed E-state index contributed by atoms with van der Waals surface area (Å²) in [6.07, 6.45) is 2.82. The molecule has 0 spiro atoms. The number of hydrogen-bond acceptors (Lipinski definition) is 5. The third kappa shape index (κ3) is 5.14. The standard InChI is InChI=1S/C15H21FN2O4S.ClH/c1-22-15(19)14-12(16)5-2-6-13(14)23(20,21)18-9-7-11-4-3-8-17-10-11;/h2,5-6,11,17-18H,3-4,7-10H2,1H3;1H. The molecule has 1 aliphatic heterocycles. The summed E-state index contributed by atoms with van der Waals surface area (Å²) in [6.45, 7) is 2.11. The smallest absolute Gasteiger partial charge is 0.342 e. The van der Waals surface area contributed by atoms with Crippen LogP contribution in [0.1, 0.15) is 29.6 Å². The molecule has 9 heteroatoms. The highest BCUT2D eigenvalue weighted by Crippen LogP contribution is 2.20. The van der Waals surface area contributed by atoms with Gasteiger partial charge in [0, 0.05) is 6.54 Å². The number of rotatable bonds is 6. The van der Waals surface area contributed by atoms with E-state index in [4.69, 9.17) is 0 Å². The average Bonchev–Trinajstić information content (AvgIpc) is 2.54. The number of benzene rings is 1. The van der Waals surface area contributed by atoms with Gasteiger partial charge >= 0.3 is 5.97 Å². The Morgan fingerprint density at radius 2 is 2.21 bits per heavy atom. The Morgan fingerprint density at radius 3 is 2.83 bits per heavy atom. The van der Waals surface area contributed by atoms with Crippen LogP contribution in [0.2, 0.25) is 0 Å². The number of nitrogens with one attached hydrogen (secondary N) is 2. The fraction of sp³-hybridized carbons (Fsp3) is 0.533. The summed E-state index contributed by atoms with van der Waals surface area (Å²) in [5.41, 5.74) is -0.568. The van der Waals surface area contributed by atoms with Gasteiger partial charge in [0.1, 0.15) is 11.4 Å². The summed E-state index contributed by atoms with van der Waals surface area (Å²) in [4.78, 5) is 11.3. The van der Waals surface area contributed by atoms with E-state index in [2.05, 4.69) is 14.8 Å². The van der Waals surface area contributed by atoms with Crippen molar-refractivity contribution in [3.63, 3.8) is 0 Å². The second-order valence-electron chi connectivity index (χ2n) is 5.50. The summed E-state index contributed by atoms with van der Waals surface area (Å²) in [5, 5.41) is 3.27. The van der Waals surface area contributed by atoms with Gasteiger partial charge in [0.2, 0.25) is 10.0 Å². The highest BCUT2D eigenvalue weighted by atomic mass is 35.5. The average molecular weight is 381 g/mol. The lowest BCUT2D eigenvalue weighted by Gasteiger charge is -2.22. The van der Waals surface area contributed by atoms with Crippen molar-refractivity contribution in [3.8, 4) is 0 Å². The molecule has 1 saturated heterocycles. The molecule has 0 amide bonds. The number of carbonyl (C=O) groups excluding carboxylic acids is 1. The number of methoxy groups -OCH3 is 1. The minimum Gasteiger partial charge on any atom is -0.465 e. The molecular formula is C15H22ClFN2O4S. The zero-order valence-corrected chi connectivity index (χ0v) is 15.0. The van der Waals surface area contributed by atoms with Crippen molar-refractivity contribution in [1.82, 2.24) is 10.0 Å². The second kappa shape index (κ2) is 9.31. The van der Waals surface area contributed by atoms with Gasteiger partial charge < -0.3 is 10.1 Å². The lowest BCUT2D eigenvalue weighted by Crippen LogP contribution is -2.33. The number of carbonyl (C=O) groups is 1. The SMILES string of the molecule is COC(=O)c1c(F)cccc1S(=O)(=O)NCCC1CCCNC1.Cl. The molecule has 6 nitrogen and oxygen atoms in total. The number of sulfonamides is 1. The van der Waals surface area contributed by atoms with E-state index < -0.39 is 32.3 Å². The maximum Gasteiger partial charge on any atom is 0.342 e. The van der Waals surface area contributed by atoms with Crippen molar-refractivity contribution < 1.29 is 22.3 Å². The fourth-order valence-electron chi connectivity index (χ4n) is 2.67. The van der Waals surface area contributed by atoms with Crippen molar-refractivity contribution in [2.75, 3.05) is 26.7 Å². The van der Waals surface area contributed by atoms with Crippen molar-refractivity contribution in [2.45, 2.75) is 24.2 Å². The third-order valence-corrected chi connectivity index (χ3v) is 5.40. The van der Waals surface area contributed by atoms with Crippen LogP contribution in [0.3, 0.4) is 0 Å². The molecule has 1 unspecified atom stereocenters. The third-order valence-electron chi connectivity index (χ3n) is 3.90. The summed E-state index contributed by atoms with van der Waals surface area (Å²) < 4.78 is 45.5. The van der Waals surface area contributed by atoms with E-state index in [1.165, 1.54) is 12.1 Å². The van der Waals surface area contributed by atoms with Crippen LogP contribution in [0.25, 0.3) is 0 Å². The Balaban J connectivity index is 0.00000288. The van der Waals surface area contributed by atoms with Crippen LogP contribution in [0.5, 0.6) is 0 Å². The Kier molecular flexibility index (Phi) is 8.08. The number of ether oxygens (including phenoxy) is 1. The van der Waals surface area contributed by atoms with Gasteiger partial charge in [-0.3, -0.25) is 0 Å². The van der Waals surface area contributed by atoms with Crippen molar-refractivity contribution in [2.24, 2.45) is 5.92 Å². The summed E-state index contributed by atoms with van der Waals surface area (Å²) in [6, 6.07) is 3.47. The number of hydrogen-bond donors (Lipinski definition) is 2. The zero-order chi connectivity index (χ0) is 16.9. The van der Waals surface area contributed by atoms with Gasteiger partial charge in [-0.25, -0.2) is 22.3 Å². The molecule has 2 rings (SSSR count). The molecule has 1 heterocycles. The number of halogens is 2. The minimum atomic E-state index is -3.98. The first-order valence-electron chi connectivity index (χ1n) is 7.53. The van der Waals surface area contributed by atoms with Crippen LogP contribution in [0.15, 0.2) is 23.1 Å². The molecule has 2 N–H and O–H groups in total. The van der Waals surface area contributed by atoms with Crippen LogP contribution in [0.4, 0.5) is 4.39 Å². The molecule has 0 radical (unpaired) electrons. The molecule has 24 heavy (non-hydrogen) atoms. The van der Waals surface area contributed by atoms with Gasteiger partial charge in [0.05, 0.1) is 12.0 Å². The highest BCUT2D eigenvalue weighted by Gasteiger charge is 2.26. The Hall–Kier alpha value is -1.22. The molecule has 1 aromatic carbocycles. The van der Waals surface area contributed by atoms with Gasteiger partial charge in [-0.05, 0) is 50.4 Å². The van der Waals surface area contributed by atoms with Gasteiger partial charge in [-0.15, -0.1) is 12.4 Å². The molecule has 1 atom stereocenters. The summed E-state index contributed by atoms with van der Waals surface area (Å²) in [5.74, 6) is -1.52. The van der Waals surface area contributed by atoms with Gasteiger partial charge in [0.25, 0.3) is 0 Å². The zero-order valence-electron chi connectivity index (χ0n) is 13.4. The first-order chi connectivity index (χ1) is 11.0. The molecule has 0 aliphatic carbocycles. The Bertz CT molecular complexity index is 663. The minimum absolute atomic E-state index is 0. The van der Waals surface area contributed by atoms with Gasteiger partial charge in [-0.1, -0.05) is 6.07 Å². The van der Waals surface area contributed by atoms with Gasteiger partial charge in [-0.2, -0.15) is 0 Å². The van der Waals surface area contributed by atoms with Crippen molar-refractivity contribution in [3.05, 3.63) is 29.6 Å². The van der Waals surface area contributed by atoms with Crippen LogP contribution in [-0.2, 0) is 14.8 Å². The van der Waals surface area contributed by atoms with E-state index in [0.29, 0.717) is 12.3 Å². The first-order valence-corrected chi connectivity index (χ1v) is 9.01. The van der Waals surface area contributed by atoms with Gasteiger partial charge in [0.15, 0.2) is 0 Å². The van der Waals surface area contributed by atoms with E-state index in [1.54, 1.807) is 0 Å². The maximum atomic E-state index is 13.8. The summed E-state index contributed by atoms with van der Waals surface area (Å²) in [7, 11) is -2.90.